The van der Waals surface area contributed by atoms with Crippen LogP contribution in [-0.2, 0) is 0 Å². The van der Waals surface area contributed by atoms with Crippen molar-refractivity contribution in [3.63, 3.8) is 0 Å². The summed E-state index contributed by atoms with van der Waals surface area (Å²) in [5, 5.41) is 18.0. The highest BCUT2D eigenvalue weighted by Crippen LogP contribution is 2.31. The van der Waals surface area contributed by atoms with Crippen molar-refractivity contribution in [1.29, 1.82) is 5.26 Å². The first-order valence-corrected chi connectivity index (χ1v) is 3.91. The maximum atomic E-state index is 9.22. The van der Waals surface area contributed by atoms with E-state index in [0.717, 1.165) is 0 Å². The Hall–Kier alpha value is -0.720. The molecule has 0 bridgehead atoms. The second-order valence-electron chi connectivity index (χ2n) is 1.86. The predicted octanol–water partition coefficient (Wildman–Crippen LogP) is 2.68. The number of halogens is 2. The van der Waals surface area contributed by atoms with Crippen molar-refractivity contribution < 1.29 is 5.11 Å². The van der Waals surface area contributed by atoms with Gasteiger partial charge in [-0.15, -0.1) is 0 Å². The van der Waals surface area contributed by atoms with Gasteiger partial charge in [0.2, 0.25) is 0 Å². The van der Waals surface area contributed by atoms with E-state index in [2.05, 4.69) is 15.9 Å². The topological polar surface area (TPSA) is 44.0 Å². The number of hydrogen-bond donors (Lipinski definition) is 1. The van der Waals surface area contributed by atoms with E-state index in [1.54, 1.807) is 18.2 Å². The van der Waals surface area contributed by atoms with E-state index in [-0.39, 0.29) is 16.3 Å². The lowest BCUT2D eigenvalue weighted by atomic mass is 10.2. The van der Waals surface area contributed by atoms with Crippen molar-refractivity contribution in [3.05, 3.63) is 27.2 Å². The van der Waals surface area contributed by atoms with E-state index < -0.39 is 0 Å². The molecule has 0 spiro atoms. The van der Waals surface area contributed by atoms with Crippen molar-refractivity contribution >= 4 is 27.5 Å². The number of aromatic hydroxyl groups is 1. The van der Waals surface area contributed by atoms with Gasteiger partial charge in [-0.3, -0.25) is 0 Å². The van der Waals surface area contributed by atoms with E-state index in [9.17, 15) is 5.11 Å². The molecule has 0 saturated carbocycles. The Bertz CT molecular complexity index is 332. The van der Waals surface area contributed by atoms with E-state index in [0.29, 0.717) is 4.47 Å². The number of phenolic OH excluding ortho intramolecular Hbond substituents is 1. The Morgan fingerprint density at radius 1 is 1.55 bits per heavy atom. The Morgan fingerprint density at radius 3 is 2.64 bits per heavy atom. The van der Waals surface area contributed by atoms with Crippen LogP contribution in [0.15, 0.2) is 16.6 Å². The third-order valence-electron chi connectivity index (χ3n) is 1.19. The Morgan fingerprint density at radius 2 is 2.18 bits per heavy atom. The number of rotatable bonds is 0. The van der Waals surface area contributed by atoms with Crippen molar-refractivity contribution in [3.8, 4) is 11.8 Å². The molecule has 0 aliphatic rings. The van der Waals surface area contributed by atoms with Gasteiger partial charge in [-0.05, 0) is 28.1 Å². The van der Waals surface area contributed by atoms with Crippen LogP contribution in [0.4, 0.5) is 0 Å². The number of nitrogens with zero attached hydrogens (tertiary/aromatic N) is 1. The van der Waals surface area contributed by atoms with Crippen LogP contribution in [0.3, 0.4) is 0 Å². The number of nitriles is 1. The second kappa shape index (κ2) is 3.12. The number of phenols is 1. The highest BCUT2D eigenvalue weighted by Gasteiger charge is 2.08. The highest BCUT2D eigenvalue weighted by atomic mass is 79.9. The average molecular weight is 232 g/mol. The van der Waals surface area contributed by atoms with Crippen LogP contribution in [0.2, 0.25) is 5.02 Å². The molecule has 0 aromatic heterocycles. The molecule has 0 unspecified atom stereocenters. The smallest absolute Gasteiger partial charge is 0.149 e. The van der Waals surface area contributed by atoms with Gasteiger partial charge in [0.1, 0.15) is 17.4 Å². The van der Waals surface area contributed by atoms with Gasteiger partial charge in [0.15, 0.2) is 0 Å². The summed E-state index contributed by atoms with van der Waals surface area (Å²) in [5.74, 6) is -0.111. The first-order valence-electron chi connectivity index (χ1n) is 2.74. The molecule has 4 heteroatoms. The lowest BCUT2D eigenvalue weighted by Gasteiger charge is -1.99. The summed E-state index contributed by atoms with van der Waals surface area (Å²) in [6, 6.07) is 4.92. The maximum Gasteiger partial charge on any atom is 0.149 e. The quantitative estimate of drug-likeness (QED) is 0.747. The molecule has 1 N–H and O–H groups in total. The zero-order valence-corrected chi connectivity index (χ0v) is 7.65. The molecular weight excluding hydrogens is 229 g/mol. The van der Waals surface area contributed by atoms with E-state index in [1.165, 1.54) is 0 Å². The number of benzene rings is 1. The van der Waals surface area contributed by atoms with Gasteiger partial charge in [0, 0.05) is 0 Å². The van der Waals surface area contributed by atoms with Crippen LogP contribution >= 0.6 is 27.5 Å². The molecular formula is C7H3BrClNO. The molecule has 1 rings (SSSR count). The normalized spacial score (nSPS) is 9.18. The van der Waals surface area contributed by atoms with Crippen molar-refractivity contribution in [2.75, 3.05) is 0 Å². The molecule has 1 aromatic carbocycles. The summed E-state index contributed by atoms with van der Waals surface area (Å²) in [7, 11) is 0. The molecule has 0 aliphatic carbocycles. The molecule has 0 fully saturated rings. The largest absolute Gasteiger partial charge is 0.505 e. The fourth-order valence-corrected chi connectivity index (χ4v) is 1.17. The average Bonchev–Trinajstić information content (AvgIpc) is 1.99. The van der Waals surface area contributed by atoms with Gasteiger partial charge < -0.3 is 5.11 Å². The van der Waals surface area contributed by atoms with Gasteiger partial charge in [0.25, 0.3) is 0 Å². The molecule has 0 aliphatic heterocycles. The van der Waals surface area contributed by atoms with E-state index in [4.69, 9.17) is 16.9 Å². The van der Waals surface area contributed by atoms with Gasteiger partial charge in [-0.1, -0.05) is 11.6 Å². The maximum absolute atomic E-state index is 9.22. The first-order chi connectivity index (χ1) is 5.16. The Labute approximate surface area is 77.2 Å². The molecule has 0 heterocycles. The van der Waals surface area contributed by atoms with Crippen molar-refractivity contribution in [2.24, 2.45) is 0 Å². The summed E-state index contributed by atoms with van der Waals surface area (Å²) in [6.07, 6.45) is 0. The SMILES string of the molecule is N#Cc1c(Cl)ccc(Br)c1O. The summed E-state index contributed by atoms with van der Waals surface area (Å²) in [4.78, 5) is 0. The lowest BCUT2D eigenvalue weighted by Crippen LogP contribution is -1.79. The van der Waals surface area contributed by atoms with Crippen LogP contribution in [-0.4, -0.2) is 5.11 Å². The first kappa shape index (κ1) is 8.38. The predicted molar refractivity (Wildman–Crippen MR) is 45.5 cm³/mol. The van der Waals surface area contributed by atoms with Gasteiger partial charge in [-0.25, -0.2) is 0 Å². The zero-order valence-electron chi connectivity index (χ0n) is 5.31. The molecule has 2 nitrogen and oxygen atoms in total. The standard InChI is InChI=1S/C7H3BrClNO/c8-5-1-2-6(9)4(3-10)7(5)11/h1-2,11H. The van der Waals surface area contributed by atoms with Crippen LogP contribution < -0.4 is 0 Å². The third-order valence-corrected chi connectivity index (χ3v) is 2.14. The molecule has 56 valence electrons. The molecule has 1 aromatic rings. The highest BCUT2D eigenvalue weighted by molar-refractivity contribution is 9.10. The molecule has 0 radical (unpaired) electrons. The minimum atomic E-state index is -0.111. The molecule has 0 atom stereocenters. The van der Waals surface area contributed by atoms with Crippen LogP contribution in [0.1, 0.15) is 5.56 Å². The monoisotopic (exact) mass is 231 g/mol. The van der Waals surface area contributed by atoms with Crippen LogP contribution in [0, 0.1) is 11.3 Å². The van der Waals surface area contributed by atoms with Crippen molar-refractivity contribution in [1.82, 2.24) is 0 Å². The fraction of sp³-hybridized carbons (Fsp3) is 0. The fourth-order valence-electron chi connectivity index (χ4n) is 0.647. The second-order valence-corrected chi connectivity index (χ2v) is 3.13. The summed E-state index contributed by atoms with van der Waals surface area (Å²) in [6.45, 7) is 0. The molecule has 11 heavy (non-hydrogen) atoms. The Balaban J connectivity index is 3.44. The minimum absolute atomic E-state index is 0.0982. The van der Waals surface area contributed by atoms with E-state index >= 15 is 0 Å². The van der Waals surface area contributed by atoms with Crippen molar-refractivity contribution in [2.45, 2.75) is 0 Å². The molecule has 0 saturated heterocycles. The summed E-state index contributed by atoms with van der Waals surface area (Å²) in [5.41, 5.74) is 0.0982. The Kier molecular flexibility index (Phi) is 2.38. The van der Waals surface area contributed by atoms with Gasteiger partial charge >= 0.3 is 0 Å². The zero-order chi connectivity index (χ0) is 8.43. The van der Waals surface area contributed by atoms with Crippen LogP contribution in [0.25, 0.3) is 0 Å². The summed E-state index contributed by atoms with van der Waals surface area (Å²) >= 11 is 8.66. The van der Waals surface area contributed by atoms with E-state index in [1.807, 2.05) is 0 Å². The minimum Gasteiger partial charge on any atom is -0.505 e. The lowest BCUT2D eigenvalue weighted by molar-refractivity contribution is 0.470. The van der Waals surface area contributed by atoms with Gasteiger partial charge in [0.05, 0.1) is 9.50 Å². The summed E-state index contributed by atoms with van der Waals surface area (Å²) < 4.78 is 0.471. The number of hydrogen-bond acceptors (Lipinski definition) is 2. The van der Waals surface area contributed by atoms with Crippen LogP contribution in [0.5, 0.6) is 5.75 Å². The van der Waals surface area contributed by atoms with Gasteiger partial charge in [-0.2, -0.15) is 5.26 Å². The third kappa shape index (κ3) is 1.47. The molecule has 0 amide bonds.